The lowest BCUT2D eigenvalue weighted by atomic mass is 10.2. The monoisotopic (exact) mass is 250 g/mol. The van der Waals surface area contributed by atoms with Gasteiger partial charge in [0.2, 0.25) is 5.95 Å². The minimum absolute atomic E-state index is 0.374. The Labute approximate surface area is 108 Å². The third-order valence-corrected chi connectivity index (χ3v) is 3.32. The molecule has 1 fully saturated rings. The molecule has 0 saturated carbocycles. The molecule has 1 aliphatic heterocycles. The molecule has 1 saturated heterocycles. The lowest BCUT2D eigenvalue weighted by molar-refractivity contribution is 0.180. The summed E-state index contributed by atoms with van der Waals surface area (Å²) in [6, 6.07) is 2.48. The zero-order valence-corrected chi connectivity index (χ0v) is 11.2. The Morgan fingerprint density at radius 3 is 3.06 bits per heavy atom. The van der Waals surface area contributed by atoms with Crippen LogP contribution in [-0.4, -0.2) is 36.3 Å². The molecule has 0 radical (unpaired) electrons. The zero-order valence-electron chi connectivity index (χ0n) is 11.2. The number of nitrogens with zero attached hydrogens (tertiary/aromatic N) is 3. The normalized spacial score (nSPS) is 19.4. The van der Waals surface area contributed by atoms with Gasteiger partial charge in [0.15, 0.2) is 0 Å². The van der Waals surface area contributed by atoms with Crippen molar-refractivity contribution in [1.82, 2.24) is 9.97 Å². The molecule has 5 heteroatoms. The van der Waals surface area contributed by atoms with Crippen LogP contribution in [0.4, 0.5) is 11.8 Å². The topological polar surface area (TPSA) is 64.3 Å². The molecule has 1 aliphatic rings. The van der Waals surface area contributed by atoms with Crippen LogP contribution in [0.2, 0.25) is 0 Å². The van der Waals surface area contributed by atoms with Gasteiger partial charge >= 0.3 is 0 Å². The van der Waals surface area contributed by atoms with E-state index in [-0.39, 0.29) is 0 Å². The van der Waals surface area contributed by atoms with Crippen molar-refractivity contribution in [2.45, 2.75) is 38.6 Å². The number of nitrogen functional groups attached to an aromatic ring is 1. The standard InChI is InChI=1S/C13H22N4O/c1-3-5-10-8-12(16-13(14)15-10)17-7-4-6-11(17)9-18-2/h8,11H,3-7,9H2,1-2H3,(H2,14,15,16). The number of methoxy groups -OCH3 is 1. The van der Waals surface area contributed by atoms with Gasteiger partial charge in [-0.3, -0.25) is 0 Å². The van der Waals surface area contributed by atoms with Crippen molar-refractivity contribution in [3.63, 3.8) is 0 Å². The molecule has 1 aromatic heterocycles. The molecule has 0 aliphatic carbocycles. The summed E-state index contributed by atoms with van der Waals surface area (Å²) >= 11 is 0. The molecular formula is C13H22N4O. The summed E-state index contributed by atoms with van der Waals surface area (Å²) in [5.41, 5.74) is 6.83. The summed E-state index contributed by atoms with van der Waals surface area (Å²) < 4.78 is 5.27. The van der Waals surface area contributed by atoms with Gasteiger partial charge in [-0.1, -0.05) is 13.3 Å². The third kappa shape index (κ3) is 2.90. The van der Waals surface area contributed by atoms with Crippen LogP contribution in [0.5, 0.6) is 0 Å². The van der Waals surface area contributed by atoms with Crippen LogP contribution < -0.4 is 10.6 Å². The maximum absolute atomic E-state index is 5.80. The van der Waals surface area contributed by atoms with Gasteiger partial charge in [0.1, 0.15) is 5.82 Å². The minimum Gasteiger partial charge on any atom is -0.383 e. The van der Waals surface area contributed by atoms with E-state index in [2.05, 4.69) is 27.9 Å². The molecule has 2 rings (SSSR count). The number of anilines is 2. The van der Waals surface area contributed by atoms with Gasteiger partial charge in [0.05, 0.1) is 12.6 Å². The number of ether oxygens (including phenoxy) is 1. The lowest BCUT2D eigenvalue weighted by Gasteiger charge is -2.25. The van der Waals surface area contributed by atoms with Crippen molar-refractivity contribution < 1.29 is 4.74 Å². The van der Waals surface area contributed by atoms with Crippen LogP contribution in [0.15, 0.2) is 6.07 Å². The summed E-state index contributed by atoms with van der Waals surface area (Å²) in [5, 5.41) is 0. The van der Waals surface area contributed by atoms with Crippen LogP contribution >= 0.6 is 0 Å². The highest BCUT2D eigenvalue weighted by molar-refractivity contribution is 5.45. The molecule has 5 nitrogen and oxygen atoms in total. The predicted molar refractivity (Wildman–Crippen MR) is 72.7 cm³/mol. The Morgan fingerprint density at radius 1 is 1.50 bits per heavy atom. The largest absolute Gasteiger partial charge is 0.383 e. The molecule has 2 heterocycles. The van der Waals surface area contributed by atoms with Crippen LogP contribution in [0.1, 0.15) is 31.9 Å². The number of aryl methyl sites for hydroxylation is 1. The Bertz CT molecular complexity index is 397. The number of hydrogen-bond acceptors (Lipinski definition) is 5. The van der Waals surface area contributed by atoms with Crippen molar-refractivity contribution in [2.24, 2.45) is 0 Å². The molecule has 0 spiro atoms. The van der Waals surface area contributed by atoms with Crippen LogP contribution in [-0.2, 0) is 11.2 Å². The van der Waals surface area contributed by atoms with Crippen molar-refractivity contribution >= 4 is 11.8 Å². The second-order valence-corrected chi connectivity index (χ2v) is 4.77. The molecule has 0 aromatic carbocycles. The molecule has 1 atom stereocenters. The van der Waals surface area contributed by atoms with Crippen LogP contribution in [0.25, 0.3) is 0 Å². The third-order valence-electron chi connectivity index (χ3n) is 3.32. The lowest BCUT2D eigenvalue weighted by Crippen LogP contribution is -2.33. The van der Waals surface area contributed by atoms with Gasteiger partial charge in [-0.2, -0.15) is 4.98 Å². The molecule has 0 bridgehead atoms. The first-order valence-corrected chi connectivity index (χ1v) is 6.63. The fraction of sp³-hybridized carbons (Fsp3) is 0.692. The Balaban J connectivity index is 2.20. The second kappa shape index (κ2) is 6.00. The molecule has 1 unspecified atom stereocenters. The number of aromatic nitrogens is 2. The Hall–Kier alpha value is -1.36. The van der Waals surface area contributed by atoms with Crippen molar-refractivity contribution in [3.05, 3.63) is 11.8 Å². The summed E-state index contributed by atoms with van der Waals surface area (Å²) in [6.07, 6.45) is 4.35. The summed E-state index contributed by atoms with van der Waals surface area (Å²) in [4.78, 5) is 10.9. The summed E-state index contributed by atoms with van der Waals surface area (Å²) in [5.74, 6) is 1.32. The van der Waals surface area contributed by atoms with Crippen LogP contribution in [0.3, 0.4) is 0 Å². The second-order valence-electron chi connectivity index (χ2n) is 4.77. The highest BCUT2D eigenvalue weighted by atomic mass is 16.5. The van der Waals surface area contributed by atoms with E-state index in [9.17, 15) is 0 Å². The van der Waals surface area contributed by atoms with E-state index in [4.69, 9.17) is 10.5 Å². The van der Waals surface area contributed by atoms with E-state index in [1.807, 2.05) is 0 Å². The first-order chi connectivity index (χ1) is 8.74. The first-order valence-electron chi connectivity index (χ1n) is 6.63. The first kappa shape index (κ1) is 13.1. The number of nitrogens with two attached hydrogens (primary N) is 1. The van der Waals surface area contributed by atoms with E-state index >= 15 is 0 Å². The van der Waals surface area contributed by atoms with E-state index in [0.717, 1.165) is 43.9 Å². The quantitative estimate of drug-likeness (QED) is 0.860. The fourth-order valence-corrected chi connectivity index (χ4v) is 2.54. The highest BCUT2D eigenvalue weighted by Gasteiger charge is 2.26. The SMILES string of the molecule is CCCc1cc(N2CCCC2COC)nc(N)n1. The highest BCUT2D eigenvalue weighted by Crippen LogP contribution is 2.25. The van der Waals surface area contributed by atoms with Gasteiger partial charge < -0.3 is 15.4 Å². The smallest absolute Gasteiger partial charge is 0.222 e. The molecule has 100 valence electrons. The Morgan fingerprint density at radius 2 is 2.33 bits per heavy atom. The van der Waals surface area contributed by atoms with Crippen molar-refractivity contribution in [2.75, 3.05) is 30.9 Å². The molecular weight excluding hydrogens is 228 g/mol. The maximum Gasteiger partial charge on any atom is 0.222 e. The molecule has 18 heavy (non-hydrogen) atoms. The zero-order chi connectivity index (χ0) is 13.0. The summed E-state index contributed by atoms with van der Waals surface area (Å²) in [7, 11) is 1.74. The van der Waals surface area contributed by atoms with E-state index in [1.165, 1.54) is 6.42 Å². The molecule has 0 amide bonds. The van der Waals surface area contributed by atoms with Gasteiger partial charge in [0, 0.05) is 25.4 Å². The number of rotatable bonds is 5. The van der Waals surface area contributed by atoms with Gasteiger partial charge in [-0.05, 0) is 19.3 Å². The van der Waals surface area contributed by atoms with E-state index in [1.54, 1.807) is 7.11 Å². The van der Waals surface area contributed by atoms with Gasteiger partial charge in [0.25, 0.3) is 0 Å². The molecule has 2 N–H and O–H groups in total. The van der Waals surface area contributed by atoms with E-state index < -0.39 is 0 Å². The average molecular weight is 250 g/mol. The van der Waals surface area contributed by atoms with Gasteiger partial charge in [-0.15, -0.1) is 0 Å². The summed E-state index contributed by atoms with van der Waals surface area (Å²) in [6.45, 7) is 3.91. The Kier molecular flexibility index (Phi) is 4.36. The van der Waals surface area contributed by atoms with Crippen molar-refractivity contribution in [1.29, 1.82) is 0 Å². The van der Waals surface area contributed by atoms with Gasteiger partial charge in [-0.25, -0.2) is 4.98 Å². The van der Waals surface area contributed by atoms with E-state index in [0.29, 0.717) is 12.0 Å². The van der Waals surface area contributed by atoms with Crippen molar-refractivity contribution in [3.8, 4) is 0 Å². The number of hydrogen-bond donors (Lipinski definition) is 1. The fourth-order valence-electron chi connectivity index (χ4n) is 2.54. The minimum atomic E-state index is 0.374. The predicted octanol–water partition coefficient (Wildman–Crippen LogP) is 1.63. The molecule has 1 aromatic rings. The maximum atomic E-state index is 5.80. The average Bonchev–Trinajstić information content (AvgIpc) is 2.77. The van der Waals surface area contributed by atoms with Crippen LogP contribution in [0, 0.1) is 0 Å².